The van der Waals surface area contributed by atoms with Crippen LogP contribution in [0, 0.1) is 0 Å². The van der Waals surface area contributed by atoms with Gasteiger partial charge in [-0.05, 0) is 12.5 Å². The molecule has 1 unspecified atom stereocenters. The maximum absolute atomic E-state index is 13.0. The van der Waals surface area contributed by atoms with E-state index in [1.807, 2.05) is 0 Å². The number of alkyl halides is 3. The second-order valence-corrected chi connectivity index (χ2v) is 5.24. The van der Waals surface area contributed by atoms with E-state index in [4.69, 9.17) is 5.84 Å². The standard InChI is InChI=1S/C15H24F3N3/c1-2-3-4-5-6-7-8-14(21-19)12-11-20-10-9-13(12)15(16,17)18/h9-11,14,21H,2-8,19H2,1H3. The Kier molecular flexibility index (Phi) is 7.67. The summed E-state index contributed by atoms with van der Waals surface area (Å²) >= 11 is 0. The zero-order valence-corrected chi connectivity index (χ0v) is 12.4. The predicted octanol–water partition coefficient (Wildman–Crippen LogP) is 4.36. The Balaban J connectivity index is 2.60. The van der Waals surface area contributed by atoms with Gasteiger partial charge in [-0.15, -0.1) is 0 Å². The molecule has 21 heavy (non-hydrogen) atoms. The van der Waals surface area contributed by atoms with E-state index in [0.717, 1.165) is 31.5 Å². The van der Waals surface area contributed by atoms with Crippen LogP contribution < -0.4 is 11.3 Å². The first-order valence-electron chi connectivity index (χ1n) is 7.48. The van der Waals surface area contributed by atoms with Crippen LogP contribution in [-0.2, 0) is 6.18 Å². The number of nitrogens with one attached hydrogen (secondary N) is 1. The zero-order chi connectivity index (χ0) is 15.7. The van der Waals surface area contributed by atoms with E-state index in [1.165, 1.54) is 25.5 Å². The Labute approximate surface area is 124 Å². The second kappa shape index (κ2) is 9.00. The molecule has 0 aromatic carbocycles. The molecular weight excluding hydrogens is 279 g/mol. The molecular formula is C15H24F3N3. The molecule has 0 aliphatic heterocycles. The number of halogens is 3. The van der Waals surface area contributed by atoms with Crippen molar-refractivity contribution < 1.29 is 13.2 Å². The summed E-state index contributed by atoms with van der Waals surface area (Å²) in [6.07, 6.45) is 5.16. The average molecular weight is 303 g/mol. The largest absolute Gasteiger partial charge is 0.416 e. The number of unbranched alkanes of at least 4 members (excludes halogenated alkanes) is 5. The molecule has 0 spiro atoms. The third kappa shape index (κ3) is 6.01. The summed E-state index contributed by atoms with van der Waals surface area (Å²) in [5.74, 6) is 5.43. The van der Waals surface area contributed by atoms with Gasteiger partial charge in [0.2, 0.25) is 0 Å². The molecule has 0 fully saturated rings. The Morgan fingerprint density at radius 2 is 1.86 bits per heavy atom. The van der Waals surface area contributed by atoms with E-state index in [9.17, 15) is 13.2 Å². The third-order valence-electron chi connectivity index (χ3n) is 3.58. The molecule has 3 N–H and O–H groups in total. The van der Waals surface area contributed by atoms with Crippen LogP contribution in [-0.4, -0.2) is 4.98 Å². The normalized spacial score (nSPS) is 13.4. The quantitative estimate of drug-likeness (QED) is 0.405. The maximum Gasteiger partial charge on any atom is 0.416 e. The van der Waals surface area contributed by atoms with Crippen LogP contribution in [0.3, 0.4) is 0 Å². The number of hydrogen-bond donors (Lipinski definition) is 2. The van der Waals surface area contributed by atoms with Gasteiger partial charge in [-0.2, -0.15) is 13.2 Å². The fourth-order valence-corrected chi connectivity index (χ4v) is 2.40. The van der Waals surface area contributed by atoms with Crippen LogP contribution in [0.15, 0.2) is 18.5 Å². The van der Waals surface area contributed by atoms with Crippen molar-refractivity contribution in [1.82, 2.24) is 10.4 Å². The molecule has 0 radical (unpaired) electrons. The predicted molar refractivity (Wildman–Crippen MR) is 77.3 cm³/mol. The van der Waals surface area contributed by atoms with Crippen LogP contribution in [0.5, 0.6) is 0 Å². The van der Waals surface area contributed by atoms with Crippen LogP contribution in [0.1, 0.15) is 69.0 Å². The number of rotatable bonds is 9. The van der Waals surface area contributed by atoms with Gasteiger partial charge in [-0.1, -0.05) is 45.4 Å². The second-order valence-electron chi connectivity index (χ2n) is 5.24. The summed E-state index contributed by atoms with van der Waals surface area (Å²) in [5, 5.41) is 0. The molecule has 0 aliphatic rings. The monoisotopic (exact) mass is 303 g/mol. The number of hydrogen-bond acceptors (Lipinski definition) is 3. The lowest BCUT2D eigenvalue weighted by Gasteiger charge is -2.20. The van der Waals surface area contributed by atoms with Crippen LogP contribution >= 0.6 is 0 Å². The van der Waals surface area contributed by atoms with E-state index in [1.54, 1.807) is 0 Å². The van der Waals surface area contributed by atoms with Crippen LogP contribution in [0.2, 0.25) is 0 Å². The van der Waals surface area contributed by atoms with Crippen LogP contribution in [0.4, 0.5) is 13.2 Å². The molecule has 3 nitrogen and oxygen atoms in total. The summed E-state index contributed by atoms with van der Waals surface area (Å²) in [5.41, 5.74) is 1.96. The Hall–Kier alpha value is -1.14. The van der Waals surface area contributed by atoms with Crippen molar-refractivity contribution in [2.45, 2.75) is 64.1 Å². The van der Waals surface area contributed by atoms with Crippen molar-refractivity contribution in [3.05, 3.63) is 29.6 Å². The Morgan fingerprint density at radius 3 is 2.48 bits per heavy atom. The first kappa shape index (κ1) is 17.9. The molecule has 1 atom stereocenters. The molecule has 0 bridgehead atoms. The lowest BCUT2D eigenvalue weighted by atomic mass is 9.97. The highest BCUT2D eigenvalue weighted by Gasteiger charge is 2.34. The van der Waals surface area contributed by atoms with Gasteiger partial charge in [-0.3, -0.25) is 16.3 Å². The van der Waals surface area contributed by atoms with Gasteiger partial charge in [0.05, 0.1) is 5.56 Å². The third-order valence-corrected chi connectivity index (χ3v) is 3.58. The van der Waals surface area contributed by atoms with Gasteiger partial charge in [0.25, 0.3) is 0 Å². The molecule has 0 aliphatic carbocycles. The van der Waals surface area contributed by atoms with E-state index < -0.39 is 17.8 Å². The molecule has 6 heteroatoms. The highest BCUT2D eigenvalue weighted by atomic mass is 19.4. The van der Waals surface area contributed by atoms with Gasteiger partial charge in [0.1, 0.15) is 0 Å². The van der Waals surface area contributed by atoms with Crippen molar-refractivity contribution in [3.8, 4) is 0 Å². The fourth-order valence-electron chi connectivity index (χ4n) is 2.40. The average Bonchev–Trinajstić information content (AvgIpc) is 2.46. The van der Waals surface area contributed by atoms with Gasteiger partial charge in [-0.25, -0.2) is 0 Å². The topological polar surface area (TPSA) is 50.9 Å². The minimum absolute atomic E-state index is 0.126. The molecule has 1 rings (SSSR count). The van der Waals surface area contributed by atoms with Gasteiger partial charge >= 0.3 is 6.18 Å². The first-order valence-corrected chi connectivity index (χ1v) is 7.48. The number of aromatic nitrogens is 1. The van der Waals surface area contributed by atoms with Gasteiger partial charge in [0.15, 0.2) is 0 Å². The first-order chi connectivity index (χ1) is 10.0. The molecule has 0 amide bonds. The van der Waals surface area contributed by atoms with E-state index in [-0.39, 0.29) is 5.56 Å². The Bertz CT molecular complexity index is 407. The van der Waals surface area contributed by atoms with Gasteiger partial charge < -0.3 is 0 Å². The molecule has 0 saturated heterocycles. The fraction of sp³-hybridized carbons (Fsp3) is 0.667. The molecule has 1 aromatic heterocycles. The highest BCUT2D eigenvalue weighted by Crippen LogP contribution is 2.35. The number of pyridine rings is 1. The number of nitrogens with zero attached hydrogens (tertiary/aromatic N) is 1. The molecule has 0 saturated carbocycles. The SMILES string of the molecule is CCCCCCCCC(NN)c1cnccc1C(F)(F)F. The van der Waals surface area contributed by atoms with Crippen molar-refractivity contribution in [2.75, 3.05) is 0 Å². The smallest absolute Gasteiger partial charge is 0.271 e. The minimum atomic E-state index is -4.38. The van der Waals surface area contributed by atoms with Crippen molar-refractivity contribution in [1.29, 1.82) is 0 Å². The van der Waals surface area contributed by atoms with Gasteiger partial charge in [0, 0.05) is 24.0 Å². The maximum atomic E-state index is 13.0. The minimum Gasteiger partial charge on any atom is -0.271 e. The highest BCUT2D eigenvalue weighted by molar-refractivity contribution is 5.29. The van der Waals surface area contributed by atoms with Crippen molar-refractivity contribution in [2.24, 2.45) is 5.84 Å². The van der Waals surface area contributed by atoms with E-state index in [2.05, 4.69) is 17.3 Å². The van der Waals surface area contributed by atoms with E-state index in [0.29, 0.717) is 6.42 Å². The van der Waals surface area contributed by atoms with Crippen molar-refractivity contribution >= 4 is 0 Å². The van der Waals surface area contributed by atoms with E-state index >= 15 is 0 Å². The Morgan fingerprint density at radius 1 is 1.19 bits per heavy atom. The van der Waals surface area contributed by atoms with Crippen LogP contribution in [0.25, 0.3) is 0 Å². The zero-order valence-electron chi connectivity index (χ0n) is 12.4. The van der Waals surface area contributed by atoms with Crippen molar-refractivity contribution in [3.63, 3.8) is 0 Å². The lowest BCUT2D eigenvalue weighted by molar-refractivity contribution is -0.138. The summed E-state index contributed by atoms with van der Waals surface area (Å²) in [7, 11) is 0. The summed E-state index contributed by atoms with van der Waals surface area (Å²) < 4.78 is 38.9. The number of hydrazine groups is 1. The molecule has 1 aromatic rings. The molecule has 120 valence electrons. The summed E-state index contributed by atoms with van der Waals surface area (Å²) in [4.78, 5) is 3.80. The number of nitrogens with two attached hydrogens (primary N) is 1. The summed E-state index contributed by atoms with van der Waals surface area (Å²) in [6.45, 7) is 2.15. The summed E-state index contributed by atoms with van der Waals surface area (Å²) in [6, 6.07) is 0.488. The molecule has 1 heterocycles. The lowest BCUT2D eigenvalue weighted by Crippen LogP contribution is -2.30.